The first-order valence-electron chi connectivity index (χ1n) is 6.15. The van der Waals surface area contributed by atoms with Crippen molar-refractivity contribution in [2.45, 2.75) is 31.8 Å². The summed E-state index contributed by atoms with van der Waals surface area (Å²) in [5, 5.41) is 2.86. The highest BCUT2D eigenvalue weighted by molar-refractivity contribution is 5.99. The fourth-order valence-corrected chi connectivity index (χ4v) is 2.48. The molecule has 0 spiro atoms. The number of piperazine rings is 1. The van der Waals surface area contributed by atoms with Gasteiger partial charge in [-0.3, -0.25) is 9.59 Å². The summed E-state index contributed by atoms with van der Waals surface area (Å²) >= 11 is 0. The first kappa shape index (κ1) is 12.6. The van der Waals surface area contributed by atoms with Gasteiger partial charge in [0.05, 0.1) is 0 Å². The van der Waals surface area contributed by atoms with Crippen LogP contribution in [0, 0.1) is 0 Å². The molecular weight excluding hydrogens is 228 g/mol. The highest BCUT2D eigenvalue weighted by Crippen LogP contribution is 2.28. The van der Waals surface area contributed by atoms with Crippen molar-refractivity contribution < 1.29 is 9.59 Å². The van der Waals surface area contributed by atoms with Crippen LogP contribution in [0.5, 0.6) is 0 Å². The van der Waals surface area contributed by atoms with Crippen LogP contribution >= 0.6 is 0 Å². The Morgan fingerprint density at radius 3 is 2.44 bits per heavy atom. The van der Waals surface area contributed by atoms with E-state index in [4.69, 9.17) is 0 Å². The maximum Gasteiger partial charge on any atom is 0.253 e. The molecule has 1 aliphatic heterocycles. The van der Waals surface area contributed by atoms with Crippen molar-refractivity contribution in [2.24, 2.45) is 0 Å². The van der Waals surface area contributed by atoms with Gasteiger partial charge < -0.3 is 10.2 Å². The Morgan fingerprint density at radius 1 is 1.28 bits per heavy atom. The molecule has 2 atom stereocenters. The third-order valence-corrected chi connectivity index (χ3v) is 3.63. The Morgan fingerprint density at radius 2 is 1.89 bits per heavy atom. The minimum atomic E-state index is -0.960. The van der Waals surface area contributed by atoms with Gasteiger partial charge in [-0.15, -0.1) is 0 Å². The number of nitrogens with one attached hydrogen (secondary N) is 1. The average molecular weight is 246 g/mol. The molecular formula is C14H18N2O2. The topological polar surface area (TPSA) is 49.4 Å². The Kier molecular flexibility index (Phi) is 3.11. The van der Waals surface area contributed by atoms with Crippen LogP contribution in [0.3, 0.4) is 0 Å². The predicted octanol–water partition coefficient (Wildman–Crippen LogP) is 1.27. The van der Waals surface area contributed by atoms with Crippen molar-refractivity contribution in [3.63, 3.8) is 0 Å². The first-order chi connectivity index (χ1) is 8.50. The van der Waals surface area contributed by atoms with Crippen LogP contribution in [0.1, 0.15) is 25.8 Å². The van der Waals surface area contributed by atoms with E-state index in [-0.39, 0.29) is 17.9 Å². The third kappa shape index (κ3) is 1.78. The van der Waals surface area contributed by atoms with E-state index in [0.717, 1.165) is 5.56 Å². The minimum absolute atomic E-state index is 0.0693. The number of hydrogen-bond acceptors (Lipinski definition) is 2. The van der Waals surface area contributed by atoms with Gasteiger partial charge in [0, 0.05) is 7.05 Å². The van der Waals surface area contributed by atoms with E-state index >= 15 is 0 Å². The van der Waals surface area contributed by atoms with Crippen LogP contribution in [0.15, 0.2) is 30.3 Å². The highest BCUT2D eigenvalue weighted by Gasteiger charge is 2.46. The molecule has 0 aromatic heterocycles. The van der Waals surface area contributed by atoms with Gasteiger partial charge in [-0.1, -0.05) is 37.3 Å². The molecule has 1 heterocycles. The second-order valence-electron chi connectivity index (χ2n) is 4.82. The van der Waals surface area contributed by atoms with E-state index in [1.807, 2.05) is 37.3 Å². The van der Waals surface area contributed by atoms with Crippen molar-refractivity contribution in [3.05, 3.63) is 35.9 Å². The van der Waals surface area contributed by atoms with E-state index in [2.05, 4.69) is 5.32 Å². The van der Waals surface area contributed by atoms with E-state index in [1.54, 1.807) is 18.9 Å². The summed E-state index contributed by atoms with van der Waals surface area (Å²) in [7, 11) is 1.69. The molecule has 2 rings (SSSR count). The Hall–Kier alpha value is -1.84. The molecule has 1 N–H and O–H groups in total. The number of carbonyl (C=O) groups excluding carboxylic acids is 2. The van der Waals surface area contributed by atoms with Crippen LogP contribution in [0.4, 0.5) is 0 Å². The molecule has 0 bridgehead atoms. The van der Waals surface area contributed by atoms with E-state index < -0.39 is 5.54 Å². The average Bonchev–Trinajstić information content (AvgIpc) is 2.38. The summed E-state index contributed by atoms with van der Waals surface area (Å²) < 4.78 is 0. The molecule has 96 valence electrons. The molecule has 0 aliphatic carbocycles. The molecule has 0 saturated carbocycles. The molecule has 4 nitrogen and oxygen atoms in total. The largest absolute Gasteiger partial charge is 0.336 e. The van der Waals surface area contributed by atoms with E-state index in [9.17, 15) is 9.59 Å². The fourth-order valence-electron chi connectivity index (χ4n) is 2.48. The number of nitrogens with zero attached hydrogens (tertiary/aromatic N) is 1. The van der Waals surface area contributed by atoms with E-state index in [0.29, 0.717) is 6.42 Å². The molecule has 1 aromatic carbocycles. The second kappa shape index (κ2) is 4.44. The molecule has 1 saturated heterocycles. The SMILES string of the molecule is CCC1C(=O)NC(C)(c2ccccc2)C(=O)N1C. The van der Waals surface area contributed by atoms with Crippen molar-refractivity contribution in [2.75, 3.05) is 7.05 Å². The van der Waals surface area contributed by atoms with Crippen LogP contribution in [0.25, 0.3) is 0 Å². The highest BCUT2D eigenvalue weighted by atomic mass is 16.2. The van der Waals surface area contributed by atoms with Crippen LogP contribution in [0.2, 0.25) is 0 Å². The summed E-state index contributed by atoms with van der Waals surface area (Å²) in [5.74, 6) is -0.161. The quantitative estimate of drug-likeness (QED) is 0.854. The molecule has 18 heavy (non-hydrogen) atoms. The molecule has 2 unspecified atom stereocenters. The zero-order valence-corrected chi connectivity index (χ0v) is 10.9. The zero-order chi connectivity index (χ0) is 13.3. The molecule has 1 aliphatic rings. The summed E-state index contributed by atoms with van der Waals surface area (Å²) in [6.45, 7) is 3.66. The van der Waals surface area contributed by atoms with Gasteiger partial charge in [0.25, 0.3) is 5.91 Å². The number of carbonyl (C=O) groups is 2. The Balaban J connectivity index is 2.41. The summed E-state index contributed by atoms with van der Waals surface area (Å²) in [4.78, 5) is 26.1. The standard InChI is InChI=1S/C14H18N2O2/c1-4-11-12(17)15-14(2,13(18)16(11)3)10-8-6-5-7-9-10/h5-9,11H,4H2,1-3H3,(H,15,17). The predicted molar refractivity (Wildman–Crippen MR) is 68.8 cm³/mol. The monoisotopic (exact) mass is 246 g/mol. The number of likely N-dealkylation sites (N-methyl/N-ethyl adjacent to an activating group) is 1. The molecule has 0 radical (unpaired) electrons. The van der Waals surface area contributed by atoms with Crippen molar-refractivity contribution in [3.8, 4) is 0 Å². The van der Waals surface area contributed by atoms with Crippen LogP contribution in [-0.4, -0.2) is 29.8 Å². The van der Waals surface area contributed by atoms with Crippen molar-refractivity contribution >= 4 is 11.8 Å². The van der Waals surface area contributed by atoms with Gasteiger partial charge in [0.1, 0.15) is 11.6 Å². The number of hydrogen-bond donors (Lipinski definition) is 1. The Bertz CT molecular complexity index is 472. The third-order valence-electron chi connectivity index (χ3n) is 3.63. The van der Waals surface area contributed by atoms with Gasteiger partial charge in [-0.25, -0.2) is 0 Å². The van der Waals surface area contributed by atoms with Crippen molar-refractivity contribution in [1.82, 2.24) is 10.2 Å². The first-order valence-corrected chi connectivity index (χ1v) is 6.15. The summed E-state index contributed by atoms with van der Waals surface area (Å²) in [5.41, 5.74) is -0.150. The van der Waals surface area contributed by atoms with Gasteiger partial charge >= 0.3 is 0 Å². The molecule has 1 aromatic rings. The van der Waals surface area contributed by atoms with Crippen LogP contribution in [-0.2, 0) is 15.1 Å². The minimum Gasteiger partial charge on any atom is -0.336 e. The Labute approximate surface area is 107 Å². The maximum atomic E-state index is 12.5. The maximum absolute atomic E-state index is 12.5. The lowest BCUT2D eigenvalue weighted by Gasteiger charge is -2.42. The fraction of sp³-hybridized carbons (Fsp3) is 0.429. The van der Waals surface area contributed by atoms with Gasteiger partial charge in [0.2, 0.25) is 5.91 Å². The molecule has 2 amide bonds. The van der Waals surface area contributed by atoms with Crippen molar-refractivity contribution in [1.29, 1.82) is 0 Å². The van der Waals surface area contributed by atoms with E-state index in [1.165, 1.54) is 0 Å². The number of rotatable bonds is 2. The normalized spacial score (nSPS) is 28.2. The van der Waals surface area contributed by atoms with Gasteiger partial charge in [-0.2, -0.15) is 0 Å². The lowest BCUT2D eigenvalue weighted by atomic mass is 9.87. The van der Waals surface area contributed by atoms with Crippen LogP contribution < -0.4 is 5.32 Å². The summed E-state index contributed by atoms with van der Waals surface area (Å²) in [6.07, 6.45) is 0.624. The second-order valence-corrected chi connectivity index (χ2v) is 4.82. The number of benzene rings is 1. The smallest absolute Gasteiger partial charge is 0.253 e. The van der Waals surface area contributed by atoms with Gasteiger partial charge in [-0.05, 0) is 18.9 Å². The lowest BCUT2D eigenvalue weighted by Crippen LogP contribution is -2.66. The number of amides is 2. The molecule has 1 fully saturated rings. The summed E-state index contributed by atoms with van der Waals surface area (Å²) in [6, 6.07) is 8.98. The van der Waals surface area contributed by atoms with Gasteiger partial charge in [0.15, 0.2) is 0 Å². The lowest BCUT2D eigenvalue weighted by molar-refractivity contribution is -0.153. The zero-order valence-electron chi connectivity index (χ0n) is 10.9. The molecule has 4 heteroatoms.